The van der Waals surface area contributed by atoms with Crippen LogP contribution in [0.5, 0.6) is 0 Å². The Kier molecular flexibility index (Phi) is 7.41. The molecule has 0 atom stereocenters. The molecule has 0 aliphatic rings. The zero-order valence-electron chi connectivity index (χ0n) is 20.2. The Hall–Kier alpha value is -3.70. The number of nitrogens with zero attached hydrogens (tertiary/aromatic N) is 4. The van der Waals surface area contributed by atoms with Crippen molar-refractivity contribution in [3.05, 3.63) is 59.8 Å². The number of halogens is 1. The normalized spacial score (nSPS) is 11.8. The monoisotopic (exact) mass is 510 g/mol. The predicted octanol–water partition coefficient (Wildman–Crippen LogP) is 3.99. The molecule has 2 heterocycles. The molecule has 0 unspecified atom stereocenters. The maximum atomic E-state index is 12.6. The number of nitrogens with one attached hydrogen (secondary N) is 1. The summed E-state index contributed by atoms with van der Waals surface area (Å²) >= 11 is 0. The standard InChI is InChI=1S/C25H27FN6O3S/c1-15(2)36(33,34)21-9-8-19(12-16(21)3)20-14-29-23(27)22(30-20)25-32-31-24(35-25)18-6-4-17(5-7-18)13-28-11-10-26/h4-9,12,14-15,28H,10-11,13H2,1-3H3,(H2,27,29). The molecular weight excluding hydrogens is 483 g/mol. The van der Waals surface area contributed by atoms with Gasteiger partial charge in [-0.3, -0.25) is 0 Å². The molecular formula is C25H27FN6O3S. The minimum atomic E-state index is -3.40. The predicted molar refractivity (Wildman–Crippen MR) is 135 cm³/mol. The van der Waals surface area contributed by atoms with E-state index >= 15 is 0 Å². The van der Waals surface area contributed by atoms with Crippen LogP contribution in [-0.4, -0.2) is 47.1 Å². The second-order valence-electron chi connectivity index (χ2n) is 8.54. The average molecular weight is 511 g/mol. The molecule has 3 N–H and O–H groups in total. The van der Waals surface area contributed by atoms with Crippen LogP contribution in [0.2, 0.25) is 0 Å². The number of benzene rings is 2. The van der Waals surface area contributed by atoms with Crippen molar-refractivity contribution < 1.29 is 17.2 Å². The molecule has 0 aliphatic heterocycles. The quantitative estimate of drug-likeness (QED) is 0.320. The van der Waals surface area contributed by atoms with Gasteiger partial charge in [-0.2, -0.15) is 0 Å². The van der Waals surface area contributed by atoms with E-state index < -0.39 is 21.8 Å². The van der Waals surface area contributed by atoms with Crippen LogP contribution < -0.4 is 11.1 Å². The molecule has 9 nitrogen and oxygen atoms in total. The lowest BCUT2D eigenvalue weighted by atomic mass is 10.1. The molecule has 0 fully saturated rings. The lowest BCUT2D eigenvalue weighted by Crippen LogP contribution is -2.15. The lowest BCUT2D eigenvalue weighted by Gasteiger charge is -2.12. The molecule has 36 heavy (non-hydrogen) atoms. The van der Waals surface area contributed by atoms with Crippen LogP contribution >= 0.6 is 0 Å². The summed E-state index contributed by atoms with van der Waals surface area (Å²) in [5.74, 6) is 0.527. The van der Waals surface area contributed by atoms with Gasteiger partial charge in [0.15, 0.2) is 21.3 Å². The summed E-state index contributed by atoms with van der Waals surface area (Å²) in [7, 11) is -3.40. The van der Waals surface area contributed by atoms with Crippen molar-refractivity contribution in [3.8, 4) is 34.3 Å². The highest BCUT2D eigenvalue weighted by atomic mass is 32.2. The smallest absolute Gasteiger partial charge is 0.270 e. The van der Waals surface area contributed by atoms with Gasteiger partial charge < -0.3 is 15.5 Å². The van der Waals surface area contributed by atoms with Crippen LogP contribution in [0.15, 0.2) is 58.0 Å². The molecule has 0 bridgehead atoms. The zero-order valence-corrected chi connectivity index (χ0v) is 21.0. The maximum absolute atomic E-state index is 12.6. The first-order chi connectivity index (χ1) is 17.2. The number of hydrogen-bond acceptors (Lipinski definition) is 9. The van der Waals surface area contributed by atoms with E-state index in [0.29, 0.717) is 41.4 Å². The van der Waals surface area contributed by atoms with Gasteiger partial charge in [-0.15, -0.1) is 10.2 Å². The van der Waals surface area contributed by atoms with Crippen LogP contribution in [0.1, 0.15) is 25.0 Å². The highest BCUT2D eigenvalue weighted by Gasteiger charge is 2.22. The van der Waals surface area contributed by atoms with Gasteiger partial charge in [-0.25, -0.2) is 22.8 Å². The summed E-state index contributed by atoms with van der Waals surface area (Å²) in [6.45, 7) is 5.50. The Bertz CT molecular complexity index is 1470. The van der Waals surface area contributed by atoms with Crippen molar-refractivity contribution in [2.24, 2.45) is 0 Å². The van der Waals surface area contributed by atoms with Crippen molar-refractivity contribution in [1.29, 1.82) is 0 Å². The third-order valence-electron chi connectivity index (χ3n) is 5.63. The number of nitrogens with two attached hydrogens (primary N) is 1. The molecule has 188 valence electrons. The zero-order chi connectivity index (χ0) is 25.9. The number of sulfone groups is 1. The van der Waals surface area contributed by atoms with E-state index in [1.165, 1.54) is 6.20 Å². The third-order valence-corrected chi connectivity index (χ3v) is 7.94. The minimum Gasteiger partial charge on any atom is -0.414 e. The highest BCUT2D eigenvalue weighted by molar-refractivity contribution is 7.92. The van der Waals surface area contributed by atoms with E-state index in [-0.39, 0.29) is 22.3 Å². The fraction of sp³-hybridized carbons (Fsp3) is 0.280. The number of nitrogen functional groups attached to an aromatic ring is 1. The molecule has 0 aliphatic carbocycles. The Morgan fingerprint density at radius 2 is 1.75 bits per heavy atom. The van der Waals surface area contributed by atoms with Gasteiger partial charge in [0, 0.05) is 24.2 Å². The molecule has 4 rings (SSSR count). The minimum absolute atomic E-state index is 0.112. The van der Waals surface area contributed by atoms with Crippen LogP contribution in [0, 0.1) is 6.92 Å². The van der Waals surface area contributed by atoms with Gasteiger partial charge in [0.05, 0.1) is 22.0 Å². The number of rotatable bonds is 9. The second kappa shape index (κ2) is 10.5. The SMILES string of the molecule is Cc1cc(-c2cnc(N)c(-c3nnc(-c4ccc(CNCCF)cc4)o3)n2)ccc1S(=O)(=O)C(C)C. The van der Waals surface area contributed by atoms with E-state index in [0.717, 1.165) is 5.56 Å². The summed E-state index contributed by atoms with van der Waals surface area (Å²) < 4.78 is 43.3. The first-order valence-electron chi connectivity index (χ1n) is 11.4. The van der Waals surface area contributed by atoms with E-state index in [4.69, 9.17) is 10.2 Å². The Morgan fingerprint density at radius 3 is 2.42 bits per heavy atom. The van der Waals surface area contributed by atoms with Crippen molar-refractivity contribution in [1.82, 2.24) is 25.5 Å². The summed E-state index contributed by atoms with van der Waals surface area (Å²) in [5, 5.41) is 10.7. The molecule has 0 saturated heterocycles. The summed E-state index contributed by atoms with van der Waals surface area (Å²) in [4.78, 5) is 9.08. The van der Waals surface area contributed by atoms with Crippen molar-refractivity contribution in [2.45, 2.75) is 37.5 Å². The number of alkyl halides is 1. The largest absolute Gasteiger partial charge is 0.414 e. The molecule has 0 radical (unpaired) electrons. The van der Waals surface area contributed by atoms with Gasteiger partial charge in [0.1, 0.15) is 6.67 Å². The Labute approximate surface area is 208 Å². The van der Waals surface area contributed by atoms with E-state index in [2.05, 4.69) is 25.5 Å². The number of aryl methyl sites for hydroxylation is 1. The van der Waals surface area contributed by atoms with Crippen LogP contribution in [0.4, 0.5) is 10.2 Å². The summed E-state index contributed by atoms with van der Waals surface area (Å²) in [6, 6.07) is 12.5. The first kappa shape index (κ1) is 25.4. The van der Waals surface area contributed by atoms with Gasteiger partial charge in [-0.1, -0.05) is 18.2 Å². The topological polar surface area (TPSA) is 137 Å². The number of anilines is 1. The fourth-order valence-electron chi connectivity index (χ4n) is 3.58. The van der Waals surface area contributed by atoms with Crippen LogP contribution in [0.25, 0.3) is 34.3 Å². The Balaban J connectivity index is 1.60. The number of hydrogen-bond donors (Lipinski definition) is 2. The highest BCUT2D eigenvalue weighted by Crippen LogP contribution is 2.30. The fourth-order valence-corrected chi connectivity index (χ4v) is 4.85. The Morgan fingerprint density at radius 1 is 1.06 bits per heavy atom. The van der Waals surface area contributed by atoms with E-state index in [1.54, 1.807) is 39.0 Å². The molecule has 0 saturated carbocycles. The van der Waals surface area contributed by atoms with Crippen molar-refractivity contribution >= 4 is 15.7 Å². The van der Waals surface area contributed by atoms with E-state index in [9.17, 15) is 12.8 Å². The number of aromatic nitrogens is 4. The molecule has 0 amide bonds. The van der Waals surface area contributed by atoms with Crippen molar-refractivity contribution in [3.63, 3.8) is 0 Å². The summed E-state index contributed by atoms with van der Waals surface area (Å²) in [5.41, 5.74) is 9.78. The molecule has 11 heteroatoms. The lowest BCUT2D eigenvalue weighted by molar-refractivity contribution is 0.467. The van der Waals surface area contributed by atoms with Crippen molar-refractivity contribution in [2.75, 3.05) is 19.0 Å². The molecule has 2 aromatic heterocycles. The average Bonchev–Trinajstić information content (AvgIpc) is 3.34. The molecule has 4 aromatic rings. The second-order valence-corrected chi connectivity index (χ2v) is 11.0. The van der Waals surface area contributed by atoms with Gasteiger partial charge in [0.25, 0.3) is 5.89 Å². The van der Waals surface area contributed by atoms with Crippen LogP contribution in [-0.2, 0) is 16.4 Å². The van der Waals surface area contributed by atoms with Gasteiger partial charge in [0.2, 0.25) is 5.89 Å². The van der Waals surface area contributed by atoms with Crippen LogP contribution in [0.3, 0.4) is 0 Å². The van der Waals surface area contributed by atoms with Gasteiger partial charge in [-0.05, 0) is 56.2 Å². The maximum Gasteiger partial charge on any atom is 0.270 e. The third kappa shape index (κ3) is 5.26. The van der Waals surface area contributed by atoms with E-state index in [1.807, 2.05) is 24.3 Å². The molecule has 0 spiro atoms. The molecule has 2 aromatic carbocycles. The summed E-state index contributed by atoms with van der Waals surface area (Å²) in [6.07, 6.45) is 1.51. The first-order valence-corrected chi connectivity index (χ1v) is 12.9. The van der Waals surface area contributed by atoms with Gasteiger partial charge >= 0.3 is 0 Å².